The Hall–Kier alpha value is -0.540. The fourth-order valence-electron chi connectivity index (χ4n) is 1.70. The van der Waals surface area contributed by atoms with E-state index in [1.54, 1.807) is 12.1 Å². The molecule has 2 rings (SSSR count). The van der Waals surface area contributed by atoms with Crippen molar-refractivity contribution in [3.05, 3.63) is 35.6 Å². The summed E-state index contributed by atoms with van der Waals surface area (Å²) in [4.78, 5) is 0. The number of thioether (sulfide) groups is 1. The summed E-state index contributed by atoms with van der Waals surface area (Å²) in [6.07, 6.45) is 1.02. The van der Waals surface area contributed by atoms with Crippen LogP contribution in [0, 0.1) is 5.82 Å². The van der Waals surface area contributed by atoms with E-state index in [1.807, 2.05) is 23.9 Å². The average molecular weight is 211 g/mol. The molecule has 14 heavy (non-hydrogen) atoms. The highest BCUT2D eigenvalue weighted by Gasteiger charge is 2.17. The van der Waals surface area contributed by atoms with Gasteiger partial charge in [-0.15, -0.1) is 0 Å². The van der Waals surface area contributed by atoms with Crippen molar-refractivity contribution in [2.24, 2.45) is 0 Å². The summed E-state index contributed by atoms with van der Waals surface area (Å²) in [7, 11) is 0. The van der Waals surface area contributed by atoms with E-state index >= 15 is 0 Å². The Morgan fingerprint density at radius 3 is 3.00 bits per heavy atom. The molecule has 1 N–H and O–H groups in total. The van der Waals surface area contributed by atoms with Crippen LogP contribution in [0.4, 0.5) is 4.39 Å². The average Bonchev–Trinajstić information content (AvgIpc) is 2.47. The first-order chi connectivity index (χ1) is 6.88. The number of hydrogen-bond donors (Lipinski definition) is 1. The van der Waals surface area contributed by atoms with Crippen molar-refractivity contribution in [2.75, 3.05) is 18.8 Å². The van der Waals surface area contributed by atoms with Crippen LogP contribution in [0.15, 0.2) is 24.3 Å². The molecule has 1 aromatic carbocycles. The molecular weight excluding hydrogens is 197 g/mol. The van der Waals surface area contributed by atoms with E-state index in [-0.39, 0.29) is 5.82 Å². The summed E-state index contributed by atoms with van der Waals surface area (Å²) in [5, 5.41) is 3.65. The topological polar surface area (TPSA) is 12.0 Å². The van der Waals surface area contributed by atoms with Gasteiger partial charge in [0.2, 0.25) is 0 Å². The molecule has 76 valence electrons. The zero-order chi connectivity index (χ0) is 9.80. The minimum absolute atomic E-state index is 0.0631. The number of halogens is 1. The molecule has 1 heterocycles. The molecule has 0 radical (unpaired) electrons. The van der Waals surface area contributed by atoms with E-state index < -0.39 is 0 Å². The minimum Gasteiger partial charge on any atom is -0.316 e. The zero-order valence-corrected chi connectivity index (χ0v) is 8.82. The standard InChI is InChI=1S/C11H14FNS/c12-10-4-2-1-3-9(10)11-5-6-13-7-8-14-11/h1-4,11,13H,5-8H2/t11-/m1/s1. The maximum absolute atomic E-state index is 13.5. The van der Waals surface area contributed by atoms with Crippen molar-refractivity contribution < 1.29 is 4.39 Å². The van der Waals surface area contributed by atoms with Gasteiger partial charge in [0, 0.05) is 23.1 Å². The Balaban J connectivity index is 2.16. The maximum Gasteiger partial charge on any atom is 0.127 e. The van der Waals surface area contributed by atoms with Gasteiger partial charge in [-0.3, -0.25) is 0 Å². The molecule has 0 unspecified atom stereocenters. The molecule has 0 spiro atoms. The lowest BCUT2D eigenvalue weighted by molar-refractivity contribution is 0.597. The molecule has 1 fully saturated rings. The molecule has 0 aromatic heterocycles. The molecule has 1 nitrogen and oxygen atoms in total. The summed E-state index contributed by atoms with van der Waals surface area (Å²) >= 11 is 1.85. The second kappa shape index (κ2) is 4.80. The fourth-order valence-corrected chi connectivity index (χ4v) is 2.90. The quantitative estimate of drug-likeness (QED) is 0.766. The highest BCUT2D eigenvalue weighted by atomic mass is 32.2. The van der Waals surface area contributed by atoms with Gasteiger partial charge in [-0.1, -0.05) is 18.2 Å². The van der Waals surface area contributed by atoms with Gasteiger partial charge in [0.05, 0.1) is 0 Å². The molecular formula is C11H14FNS. The molecule has 0 aliphatic carbocycles. The summed E-state index contributed by atoms with van der Waals surface area (Å²) in [6, 6.07) is 7.11. The maximum atomic E-state index is 13.5. The third kappa shape index (κ3) is 2.28. The normalized spacial score (nSPS) is 23.1. The van der Waals surface area contributed by atoms with Crippen LogP contribution in [-0.2, 0) is 0 Å². The molecule has 1 atom stereocenters. The number of nitrogens with one attached hydrogen (secondary N) is 1. The van der Waals surface area contributed by atoms with Gasteiger partial charge in [-0.2, -0.15) is 11.8 Å². The van der Waals surface area contributed by atoms with E-state index in [1.165, 1.54) is 0 Å². The van der Waals surface area contributed by atoms with Crippen LogP contribution >= 0.6 is 11.8 Å². The van der Waals surface area contributed by atoms with E-state index in [0.29, 0.717) is 5.25 Å². The van der Waals surface area contributed by atoms with Crippen molar-refractivity contribution in [2.45, 2.75) is 11.7 Å². The molecule has 3 heteroatoms. The Kier molecular flexibility index (Phi) is 3.43. The van der Waals surface area contributed by atoms with Gasteiger partial charge in [-0.05, 0) is 19.0 Å². The van der Waals surface area contributed by atoms with Crippen LogP contribution in [0.25, 0.3) is 0 Å². The van der Waals surface area contributed by atoms with Crippen LogP contribution < -0.4 is 5.32 Å². The first-order valence-corrected chi connectivity index (χ1v) is 5.99. The molecule has 0 bridgehead atoms. The molecule has 0 saturated carbocycles. The van der Waals surface area contributed by atoms with Gasteiger partial charge < -0.3 is 5.32 Å². The molecule has 1 saturated heterocycles. The Labute approximate surface area is 88.1 Å². The van der Waals surface area contributed by atoms with Crippen LogP contribution in [-0.4, -0.2) is 18.8 Å². The monoisotopic (exact) mass is 211 g/mol. The Bertz CT molecular complexity index is 295. The van der Waals surface area contributed by atoms with Gasteiger partial charge in [0.15, 0.2) is 0 Å². The van der Waals surface area contributed by atoms with Crippen molar-refractivity contribution >= 4 is 11.8 Å². The first-order valence-electron chi connectivity index (χ1n) is 4.94. The van der Waals surface area contributed by atoms with E-state index in [4.69, 9.17) is 0 Å². The smallest absolute Gasteiger partial charge is 0.127 e. The van der Waals surface area contributed by atoms with Crippen molar-refractivity contribution in [3.8, 4) is 0 Å². The first kappa shape index (κ1) is 9.99. The van der Waals surface area contributed by atoms with E-state index in [9.17, 15) is 4.39 Å². The lowest BCUT2D eigenvalue weighted by Crippen LogP contribution is -2.15. The summed E-state index contributed by atoms with van der Waals surface area (Å²) in [6.45, 7) is 2.03. The minimum atomic E-state index is -0.0631. The second-order valence-electron chi connectivity index (χ2n) is 3.42. The third-order valence-electron chi connectivity index (χ3n) is 2.43. The Morgan fingerprint density at radius 2 is 2.14 bits per heavy atom. The zero-order valence-electron chi connectivity index (χ0n) is 8.00. The largest absolute Gasteiger partial charge is 0.316 e. The van der Waals surface area contributed by atoms with Crippen molar-refractivity contribution in [1.82, 2.24) is 5.32 Å². The summed E-state index contributed by atoms with van der Waals surface area (Å²) in [5.74, 6) is 1.01. The highest BCUT2D eigenvalue weighted by molar-refractivity contribution is 7.99. The number of rotatable bonds is 1. The van der Waals surface area contributed by atoms with Gasteiger partial charge in [-0.25, -0.2) is 4.39 Å². The van der Waals surface area contributed by atoms with Gasteiger partial charge in [0.1, 0.15) is 5.82 Å². The van der Waals surface area contributed by atoms with Crippen LogP contribution in [0.2, 0.25) is 0 Å². The Morgan fingerprint density at radius 1 is 1.29 bits per heavy atom. The summed E-state index contributed by atoms with van der Waals surface area (Å²) < 4.78 is 13.5. The lowest BCUT2D eigenvalue weighted by atomic mass is 10.1. The predicted octanol–water partition coefficient (Wildman–Crippen LogP) is 2.59. The van der Waals surface area contributed by atoms with Gasteiger partial charge >= 0.3 is 0 Å². The SMILES string of the molecule is Fc1ccccc1[C@H]1CCNCCS1. The lowest BCUT2D eigenvalue weighted by Gasteiger charge is -2.13. The number of benzene rings is 1. The van der Waals surface area contributed by atoms with E-state index in [2.05, 4.69) is 5.32 Å². The van der Waals surface area contributed by atoms with Gasteiger partial charge in [0.25, 0.3) is 0 Å². The van der Waals surface area contributed by atoms with Crippen LogP contribution in [0.5, 0.6) is 0 Å². The van der Waals surface area contributed by atoms with Crippen LogP contribution in [0.1, 0.15) is 17.2 Å². The second-order valence-corrected chi connectivity index (χ2v) is 4.73. The van der Waals surface area contributed by atoms with E-state index in [0.717, 1.165) is 30.8 Å². The molecule has 1 aliphatic rings. The number of hydrogen-bond acceptors (Lipinski definition) is 2. The predicted molar refractivity (Wildman–Crippen MR) is 59.1 cm³/mol. The van der Waals surface area contributed by atoms with Crippen LogP contribution in [0.3, 0.4) is 0 Å². The molecule has 1 aromatic rings. The van der Waals surface area contributed by atoms with Crippen molar-refractivity contribution in [3.63, 3.8) is 0 Å². The third-order valence-corrected chi connectivity index (χ3v) is 3.77. The summed E-state index contributed by atoms with van der Waals surface area (Å²) in [5.41, 5.74) is 0.862. The fraction of sp³-hybridized carbons (Fsp3) is 0.455. The van der Waals surface area contributed by atoms with Crippen molar-refractivity contribution in [1.29, 1.82) is 0 Å². The highest BCUT2D eigenvalue weighted by Crippen LogP contribution is 2.33. The molecule has 0 amide bonds. The molecule has 1 aliphatic heterocycles.